The molecule has 0 saturated carbocycles. The van der Waals surface area contributed by atoms with Crippen LogP contribution in [0.4, 0.5) is 13.2 Å². The van der Waals surface area contributed by atoms with Crippen molar-refractivity contribution >= 4 is 17.0 Å². The van der Waals surface area contributed by atoms with Crippen molar-refractivity contribution in [3.63, 3.8) is 0 Å². The molecule has 0 saturated heterocycles. The van der Waals surface area contributed by atoms with Gasteiger partial charge in [0, 0.05) is 17.8 Å². The number of aromatic nitrogens is 4. The number of aromatic carboxylic acids is 1. The minimum Gasteiger partial charge on any atom is -0.477 e. The molecule has 0 aliphatic heterocycles. The van der Waals surface area contributed by atoms with Crippen LogP contribution < -0.4 is 0 Å². The smallest absolute Gasteiger partial charge is 0.421 e. The van der Waals surface area contributed by atoms with E-state index >= 15 is 0 Å². The van der Waals surface area contributed by atoms with Crippen LogP contribution in [-0.2, 0) is 6.18 Å². The quantitative estimate of drug-likeness (QED) is 0.787. The van der Waals surface area contributed by atoms with Crippen molar-refractivity contribution < 1.29 is 23.1 Å². The molecule has 0 atom stereocenters. The minimum absolute atomic E-state index is 0.0732. The minimum atomic E-state index is -4.64. The molecule has 0 fully saturated rings. The Bertz CT molecular complexity index is 873. The topological polar surface area (TPSA) is 80.9 Å². The van der Waals surface area contributed by atoms with E-state index in [1.54, 1.807) is 0 Å². The molecule has 0 radical (unpaired) electrons. The first-order valence-electron chi connectivity index (χ1n) is 5.97. The van der Waals surface area contributed by atoms with Crippen molar-refractivity contribution in [1.29, 1.82) is 0 Å². The lowest BCUT2D eigenvalue weighted by Gasteiger charge is -2.12. The fraction of sp³-hybridized carbons (Fsp3) is 0.0769. The van der Waals surface area contributed by atoms with Crippen LogP contribution in [-0.4, -0.2) is 30.6 Å². The third-order valence-electron chi connectivity index (χ3n) is 2.98. The average molecular weight is 308 g/mol. The second-order valence-corrected chi connectivity index (χ2v) is 4.36. The molecule has 0 spiro atoms. The number of carbonyl (C=O) groups is 1. The summed E-state index contributed by atoms with van der Waals surface area (Å²) in [6.07, 6.45) is -1.65. The van der Waals surface area contributed by atoms with Gasteiger partial charge < -0.3 is 5.11 Å². The summed E-state index contributed by atoms with van der Waals surface area (Å²) >= 11 is 0. The van der Waals surface area contributed by atoms with Gasteiger partial charge in [0.2, 0.25) is 0 Å². The van der Waals surface area contributed by atoms with Crippen LogP contribution in [0.1, 0.15) is 16.1 Å². The summed E-state index contributed by atoms with van der Waals surface area (Å²) in [6.45, 7) is 0. The van der Waals surface area contributed by atoms with Crippen molar-refractivity contribution in [3.05, 3.63) is 48.2 Å². The standard InChI is InChI=1S/C13H7F3N4O2/c14-13(15,16)8-5-17-6-18-11(8)20-4-3-7-1-2-9(12(21)22)19-10(7)20/h1-6H,(H,21,22). The number of pyridine rings is 1. The average Bonchev–Trinajstić information content (AvgIpc) is 2.89. The number of halogens is 3. The second-order valence-electron chi connectivity index (χ2n) is 4.36. The number of rotatable bonds is 2. The lowest BCUT2D eigenvalue weighted by molar-refractivity contribution is -0.138. The number of hydrogen-bond acceptors (Lipinski definition) is 4. The van der Waals surface area contributed by atoms with E-state index < -0.39 is 23.5 Å². The summed E-state index contributed by atoms with van der Waals surface area (Å²) in [5.74, 6) is -1.68. The Labute approximate surface area is 120 Å². The van der Waals surface area contributed by atoms with Gasteiger partial charge in [0.15, 0.2) is 11.5 Å². The maximum Gasteiger partial charge on any atom is 0.421 e. The Morgan fingerprint density at radius 2 is 2.00 bits per heavy atom. The number of alkyl halides is 3. The second kappa shape index (κ2) is 4.79. The maximum absolute atomic E-state index is 13.0. The van der Waals surface area contributed by atoms with Gasteiger partial charge in [0.05, 0.1) is 0 Å². The van der Waals surface area contributed by atoms with Crippen LogP contribution in [0.5, 0.6) is 0 Å². The first kappa shape index (κ1) is 14.0. The zero-order valence-corrected chi connectivity index (χ0v) is 10.7. The fourth-order valence-corrected chi connectivity index (χ4v) is 2.01. The maximum atomic E-state index is 13.0. The highest BCUT2D eigenvalue weighted by molar-refractivity contribution is 5.89. The number of fused-ring (bicyclic) bond motifs is 1. The number of nitrogens with zero attached hydrogens (tertiary/aromatic N) is 4. The van der Waals surface area contributed by atoms with E-state index in [0.717, 1.165) is 10.9 Å². The van der Waals surface area contributed by atoms with Gasteiger partial charge in [0.25, 0.3) is 0 Å². The molecular weight excluding hydrogens is 301 g/mol. The molecule has 3 heterocycles. The molecule has 1 N–H and O–H groups in total. The molecule has 0 unspecified atom stereocenters. The largest absolute Gasteiger partial charge is 0.477 e. The lowest BCUT2D eigenvalue weighted by Crippen LogP contribution is -2.13. The Morgan fingerprint density at radius 3 is 2.68 bits per heavy atom. The monoisotopic (exact) mass is 308 g/mol. The molecule has 3 aromatic rings. The molecular formula is C13H7F3N4O2. The van der Waals surface area contributed by atoms with E-state index in [1.165, 1.54) is 24.4 Å². The van der Waals surface area contributed by atoms with Gasteiger partial charge in [-0.25, -0.2) is 19.7 Å². The molecule has 3 aromatic heterocycles. The first-order chi connectivity index (χ1) is 10.4. The summed E-state index contributed by atoms with van der Waals surface area (Å²) in [5.41, 5.74) is -1.23. The summed E-state index contributed by atoms with van der Waals surface area (Å²) in [7, 11) is 0. The van der Waals surface area contributed by atoms with E-state index in [1.807, 2.05) is 0 Å². The van der Waals surface area contributed by atoms with Crippen LogP contribution in [0.3, 0.4) is 0 Å². The van der Waals surface area contributed by atoms with Gasteiger partial charge in [-0.3, -0.25) is 4.57 Å². The molecule has 0 amide bonds. The van der Waals surface area contributed by atoms with Gasteiger partial charge in [-0.15, -0.1) is 0 Å². The third-order valence-corrected chi connectivity index (χ3v) is 2.98. The molecule has 0 aliphatic rings. The van der Waals surface area contributed by atoms with Crippen LogP contribution in [0.2, 0.25) is 0 Å². The SMILES string of the molecule is O=C(O)c1ccc2ccn(-c3ncncc3C(F)(F)F)c2n1. The van der Waals surface area contributed by atoms with Crippen molar-refractivity contribution in [1.82, 2.24) is 19.5 Å². The van der Waals surface area contributed by atoms with Crippen molar-refractivity contribution in [2.45, 2.75) is 6.18 Å². The number of carboxylic acids is 1. The highest BCUT2D eigenvalue weighted by Crippen LogP contribution is 2.33. The predicted molar refractivity (Wildman–Crippen MR) is 68.6 cm³/mol. The van der Waals surface area contributed by atoms with Crippen molar-refractivity contribution in [2.75, 3.05) is 0 Å². The van der Waals surface area contributed by atoms with Crippen LogP contribution in [0.25, 0.3) is 16.9 Å². The van der Waals surface area contributed by atoms with Crippen molar-refractivity contribution in [3.8, 4) is 5.82 Å². The predicted octanol–water partition coefficient (Wildman–Crippen LogP) is 2.53. The van der Waals surface area contributed by atoms with Gasteiger partial charge in [-0.2, -0.15) is 13.2 Å². The van der Waals surface area contributed by atoms with Gasteiger partial charge in [0.1, 0.15) is 17.5 Å². The van der Waals surface area contributed by atoms with E-state index in [0.29, 0.717) is 11.6 Å². The number of carboxylic acid groups (broad SMARTS) is 1. The normalized spacial score (nSPS) is 11.8. The zero-order chi connectivity index (χ0) is 15.9. The summed E-state index contributed by atoms with van der Waals surface area (Å²) < 4.78 is 40.2. The van der Waals surface area contributed by atoms with Gasteiger partial charge >= 0.3 is 12.1 Å². The molecule has 112 valence electrons. The van der Waals surface area contributed by atoms with E-state index in [2.05, 4.69) is 15.0 Å². The van der Waals surface area contributed by atoms with Gasteiger partial charge in [-0.05, 0) is 18.2 Å². The molecule has 0 aliphatic carbocycles. The highest BCUT2D eigenvalue weighted by Gasteiger charge is 2.35. The Hall–Kier alpha value is -2.97. The van der Waals surface area contributed by atoms with Crippen molar-refractivity contribution in [2.24, 2.45) is 0 Å². The Balaban J connectivity index is 2.27. The van der Waals surface area contributed by atoms with E-state index in [4.69, 9.17) is 5.11 Å². The summed E-state index contributed by atoms with van der Waals surface area (Å²) in [6, 6.07) is 4.27. The Morgan fingerprint density at radius 1 is 1.23 bits per heavy atom. The van der Waals surface area contributed by atoms with E-state index in [-0.39, 0.29) is 11.3 Å². The molecule has 22 heavy (non-hydrogen) atoms. The fourth-order valence-electron chi connectivity index (χ4n) is 2.01. The van der Waals surface area contributed by atoms with Crippen LogP contribution in [0.15, 0.2) is 36.9 Å². The summed E-state index contributed by atoms with van der Waals surface area (Å²) in [4.78, 5) is 21.9. The first-order valence-corrected chi connectivity index (χ1v) is 5.97. The molecule has 0 aromatic carbocycles. The number of hydrogen-bond donors (Lipinski definition) is 1. The highest BCUT2D eigenvalue weighted by atomic mass is 19.4. The third kappa shape index (κ3) is 2.26. The van der Waals surface area contributed by atoms with Gasteiger partial charge in [-0.1, -0.05) is 0 Å². The lowest BCUT2D eigenvalue weighted by atomic mass is 10.3. The van der Waals surface area contributed by atoms with Crippen LogP contribution in [0, 0.1) is 0 Å². The molecule has 9 heteroatoms. The van der Waals surface area contributed by atoms with E-state index in [9.17, 15) is 18.0 Å². The summed E-state index contributed by atoms with van der Waals surface area (Å²) in [5, 5.41) is 9.45. The molecule has 0 bridgehead atoms. The molecule has 3 rings (SSSR count). The molecule has 6 nitrogen and oxygen atoms in total. The Kier molecular flexibility index (Phi) is 3.05. The zero-order valence-electron chi connectivity index (χ0n) is 10.7. The van der Waals surface area contributed by atoms with Crippen LogP contribution >= 0.6 is 0 Å².